The lowest BCUT2D eigenvalue weighted by Gasteiger charge is -2.16. The lowest BCUT2D eigenvalue weighted by molar-refractivity contribution is -0.142. The second-order valence-corrected chi connectivity index (χ2v) is 7.78. The van der Waals surface area contributed by atoms with Gasteiger partial charge in [0.2, 0.25) is 10.0 Å². The lowest BCUT2D eigenvalue weighted by Crippen LogP contribution is -2.34. The third-order valence-electron chi connectivity index (χ3n) is 3.27. The van der Waals surface area contributed by atoms with E-state index in [2.05, 4.69) is 4.72 Å². The Bertz CT molecular complexity index is 672. The van der Waals surface area contributed by atoms with E-state index in [1.54, 1.807) is 0 Å². The first-order valence-corrected chi connectivity index (χ1v) is 8.92. The normalized spacial score (nSPS) is 13.9. The van der Waals surface area contributed by atoms with Crippen molar-refractivity contribution in [3.63, 3.8) is 0 Å². The van der Waals surface area contributed by atoms with Crippen molar-refractivity contribution in [2.24, 2.45) is 11.8 Å². The molecule has 1 aromatic carbocycles. The molecule has 5 nitrogen and oxygen atoms in total. The average molecular weight is 367 g/mol. The molecule has 0 aromatic heterocycles. The van der Waals surface area contributed by atoms with E-state index < -0.39 is 39.4 Å². The number of hydrogen-bond acceptors (Lipinski definition) is 3. The lowest BCUT2D eigenvalue weighted by atomic mass is 9.98. The number of rotatable bonds is 8. The maximum absolute atomic E-state index is 12.6. The van der Waals surface area contributed by atoms with Crippen LogP contribution < -0.4 is 4.72 Å². The van der Waals surface area contributed by atoms with E-state index in [4.69, 9.17) is 5.11 Å². The van der Waals surface area contributed by atoms with Crippen LogP contribution in [-0.4, -0.2) is 26.0 Å². The van der Waals surface area contributed by atoms with E-state index in [0.717, 1.165) is 18.2 Å². The van der Waals surface area contributed by atoms with Crippen LogP contribution >= 0.6 is 0 Å². The number of alkyl halides is 3. The Labute approximate surface area is 138 Å². The molecule has 9 heteroatoms. The first kappa shape index (κ1) is 20.4. The van der Waals surface area contributed by atoms with Crippen LogP contribution in [0.2, 0.25) is 0 Å². The molecule has 0 bridgehead atoms. The summed E-state index contributed by atoms with van der Waals surface area (Å²) in [6.07, 6.45) is -4.26. The van der Waals surface area contributed by atoms with Crippen molar-refractivity contribution in [1.29, 1.82) is 0 Å². The summed E-state index contributed by atoms with van der Waals surface area (Å²) in [5, 5.41) is 9.07. The predicted octanol–water partition coefficient (Wildman–Crippen LogP) is 2.87. The topological polar surface area (TPSA) is 83.5 Å². The SMILES string of the molecule is CC(C)CC(CNS(=O)(=O)Cc1cccc(C(F)(F)F)c1)C(=O)O. The number of carboxylic acid groups (broad SMARTS) is 1. The molecule has 0 saturated carbocycles. The van der Waals surface area contributed by atoms with Gasteiger partial charge < -0.3 is 5.11 Å². The largest absolute Gasteiger partial charge is 0.481 e. The van der Waals surface area contributed by atoms with Crippen LogP contribution in [0.3, 0.4) is 0 Å². The smallest absolute Gasteiger partial charge is 0.416 e. The molecule has 0 fully saturated rings. The number of halogens is 3. The first-order valence-electron chi connectivity index (χ1n) is 7.27. The highest BCUT2D eigenvalue weighted by Crippen LogP contribution is 2.29. The Hall–Kier alpha value is -1.61. The molecule has 1 atom stereocenters. The van der Waals surface area contributed by atoms with Crippen LogP contribution in [0, 0.1) is 11.8 Å². The summed E-state index contributed by atoms with van der Waals surface area (Å²) in [5.41, 5.74) is -0.952. The highest BCUT2D eigenvalue weighted by molar-refractivity contribution is 7.88. The molecule has 0 radical (unpaired) electrons. The van der Waals surface area contributed by atoms with E-state index in [1.807, 2.05) is 13.8 Å². The third-order valence-corrected chi connectivity index (χ3v) is 4.59. The number of hydrogen-bond donors (Lipinski definition) is 2. The summed E-state index contributed by atoms with van der Waals surface area (Å²) < 4.78 is 64.0. The third kappa shape index (κ3) is 6.88. The molecule has 0 aliphatic carbocycles. The van der Waals surface area contributed by atoms with Crippen LogP contribution in [0.15, 0.2) is 24.3 Å². The quantitative estimate of drug-likeness (QED) is 0.740. The Balaban J connectivity index is 2.78. The first-order chi connectivity index (χ1) is 10.9. The average Bonchev–Trinajstić information content (AvgIpc) is 2.41. The number of nitrogens with one attached hydrogen (secondary N) is 1. The Kier molecular flexibility index (Phi) is 6.79. The Morgan fingerprint density at radius 3 is 2.42 bits per heavy atom. The summed E-state index contributed by atoms with van der Waals surface area (Å²) in [4.78, 5) is 11.1. The zero-order valence-electron chi connectivity index (χ0n) is 13.3. The highest BCUT2D eigenvalue weighted by atomic mass is 32.2. The van der Waals surface area contributed by atoms with Crippen LogP contribution in [-0.2, 0) is 26.7 Å². The molecule has 136 valence electrons. The summed E-state index contributed by atoms with van der Waals surface area (Å²) >= 11 is 0. The van der Waals surface area contributed by atoms with Gasteiger partial charge in [-0.3, -0.25) is 4.79 Å². The fourth-order valence-corrected chi connectivity index (χ4v) is 3.35. The van der Waals surface area contributed by atoms with Crippen molar-refractivity contribution < 1.29 is 31.5 Å². The Morgan fingerprint density at radius 1 is 1.29 bits per heavy atom. The van der Waals surface area contributed by atoms with Gasteiger partial charge in [0.05, 0.1) is 17.2 Å². The fourth-order valence-electron chi connectivity index (χ4n) is 2.18. The number of carbonyl (C=O) groups is 1. The van der Waals surface area contributed by atoms with Gasteiger partial charge in [-0.2, -0.15) is 13.2 Å². The van der Waals surface area contributed by atoms with Gasteiger partial charge in [-0.25, -0.2) is 13.1 Å². The van der Waals surface area contributed by atoms with E-state index in [1.165, 1.54) is 6.07 Å². The van der Waals surface area contributed by atoms with E-state index >= 15 is 0 Å². The standard InChI is InChI=1S/C15H20F3NO4S/c1-10(2)6-12(14(20)21)8-19-24(22,23)9-11-4-3-5-13(7-11)15(16,17)18/h3-5,7,10,12,19H,6,8-9H2,1-2H3,(H,20,21). The zero-order valence-corrected chi connectivity index (χ0v) is 14.1. The van der Waals surface area contributed by atoms with Gasteiger partial charge in [-0.05, 0) is 24.0 Å². The number of benzene rings is 1. The van der Waals surface area contributed by atoms with Gasteiger partial charge in [-0.1, -0.05) is 32.0 Å². The van der Waals surface area contributed by atoms with Crippen LogP contribution in [0.4, 0.5) is 13.2 Å². The summed E-state index contributed by atoms with van der Waals surface area (Å²) in [6.45, 7) is 3.33. The minimum absolute atomic E-state index is 0.0203. The van der Waals surface area contributed by atoms with E-state index in [0.29, 0.717) is 6.42 Å². The van der Waals surface area contributed by atoms with Crippen molar-refractivity contribution in [1.82, 2.24) is 4.72 Å². The van der Waals surface area contributed by atoms with Crippen molar-refractivity contribution in [3.05, 3.63) is 35.4 Å². The fraction of sp³-hybridized carbons (Fsp3) is 0.533. The minimum atomic E-state index is -4.56. The molecule has 0 amide bonds. The van der Waals surface area contributed by atoms with Gasteiger partial charge >= 0.3 is 12.1 Å². The van der Waals surface area contributed by atoms with Gasteiger partial charge in [0.1, 0.15) is 0 Å². The minimum Gasteiger partial charge on any atom is -0.481 e. The van der Waals surface area contributed by atoms with Gasteiger partial charge in [0.25, 0.3) is 0 Å². The number of sulfonamides is 1. The second-order valence-electron chi connectivity index (χ2n) is 5.97. The molecule has 2 N–H and O–H groups in total. The maximum atomic E-state index is 12.6. The summed E-state index contributed by atoms with van der Waals surface area (Å²) in [7, 11) is -3.94. The van der Waals surface area contributed by atoms with Crippen LogP contribution in [0.25, 0.3) is 0 Å². The molecule has 1 unspecified atom stereocenters. The van der Waals surface area contributed by atoms with Crippen molar-refractivity contribution in [3.8, 4) is 0 Å². The predicted molar refractivity (Wildman–Crippen MR) is 82.7 cm³/mol. The zero-order chi connectivity index (χ0) is 18.5. The van der Waals surface area contributed by atoms with Crippen LogP contribution in [0.5, 0.6) is 0 Å². The monoisotopic (exact) mass is 367 g/mol. The van der Waals surface area contributed by atoms with Crippen molar-refractivity contribution >= 4 is 16.0 Å². The second kappa shape index (κ2) is 7.98. The van der Waals surface area contributed by atoms with E-state index in [-0.39, 0.29) is 18.0 Å². The molecule has 0 heterocycles. The van der Waals surface area contributed by atoms with Crippen molar-refractivity contribution in [2.75, 3.05) is 6.54 Å². The molecule has 0 saturated heterocycles. The van der Waals surface area contributed by atoms with Gasteiger partial charge in [-0.15, -0.1) is 0 Å². The number of aliphatic carboxylic acids is 1. The molecular formula is C15H20F3NO4S. The van der Waals surface area contributed by atoms with Crippen molar-refractivity contribution in [2.45, 2.75) is 32.2 Å². The molecule has 0 spiro atoms. The Morgan fingerprint density at radius 2 is 1.92 bits per heavy atom. The van der Waals surface area contributed by atoms with Crippen LogP contribution in [0.1, 0.15) is 31.4 Å². The molecule has 24 heavy (non-hydrogen) atoms. The molecule has 1 rings (SSSR count). The van der Waals surface area contributed by atoms with Gasteiger partial charge in [0.15, 0.2) is 0 Å². The maximum Gasteiger partial charge on any atom is 0.416 e. The molecule has 0 aliphatic rings. The molecule has 0 aliphatic heterocycles. The molecule has 1 aromatic rings. The molecular weight excluding hydrogens is 347 g/mol. The highest BCUT2D eigenvalue weighted by Gasteiger charge is 2.30. The number of carboxylic acids is 1. The van der Waals surface area contributed by atoms with Gasteiger partial charge in [0, 0.05) is 6.54 Å². The summed E-state index contributed by atoms with van der Waals surface area (Å²) in [5.74, 6) is -2.59. The summed E-state index contributed by atoms with van der Waals surface area (Å²) in [6, 6.07) is 4.03. The van der Waals surface area contributed by atoms with E-state index in [9.17, 15) is 26.4 Å².